The van der Waals surface area contributed by atoms with Crippen LogP contribution in [0.4, 0.5) is 13.2 Å². The highest BCUT2D eigenvalue weighted by Gasteiger charge is 2.26. The van der Waals surface area contributed by atoms with Crippen molar-refractivity contribution >= 4 is 34.5 Å². The zero-order chi connectivity index (χ0) is 18.9. The van der Waals surface area contributed by atoms with E-state index in [4.69, 9.17) is 11.6 Å². The van der Waals surface area contributed by atoms with E-state index in [1.807, 2.05) is 0 Å². The van der Waals surface area contributed by atoms with Crippen LogP contribution in [0.15, 0.2) is 40.5 Å². The third kappa shape index (κ3) is 4.04. The van der Waals surface area contributed by atoms with Crippen molar-refractivity contribution in [1.82, 2.24) is 19.1 Å². The van der Waals surface area contributed by atoms with Crippen LogP contribution in [-0.2, 0) is 7.05 Å². The van der Waals surface area contributed by atoms with Crippen molar-refractivity contribution < 1.29 is 13.2 Å². The molecule has 26 heavy (non-hydrogen) atoms. The van der Waals surface area contributed by atoms with Crippen LogP contribution in [0.3, 0.4) is 0 Å². The van der Waals surface area contributed by atoms with Crippen molar-refractivity contribution in [2.24, 2.45) is 7.05 Å². The first-order valence-electron chi connectivity index (χ1n) is 7.66. The Hall–Kier alpha value is -2.00. The third-order valence-electron chi connectivity index (χ3n) is 3.63. The molecule has 2 aromatic heterocycles. The minimum absolute atomic E-state index is 0.0614. The Kier molecular flexibility index (Phi) is 5.29. The fraction of sp³-hybridized carbons (Fsp3) is 0.312. The first-order chi connectivity index (χ1) is 12.3. The molecule has 10 heteroatoms. The number of nitrogens with zero attached hydrogens (tertiary/aromatic N) is 4. The molecular formula is C16H14ClF3N4OS. The van der Waals surface area contributed by atoms with Gasteiger partial charge in [-0.2, -0.15) is 13.2 Å². The van der Waals surface area contributed by atoms with Gasteiger partial charge in [-0.25, -0.2) is 9.97 Å². The van der Waals surface area contributed by atoms with Gasteiger partial charge < -0.3 is 4.57 Å². The summed E-state index contributed by atoms with van der Waals surface area (Å²) >= 11 is 7.00. The Labute approximate surface area is 155 Å². The van der Waals surface area contributed by atoms with Gasteiger partial charge in [-0.15, -0.1) is 0 Å². The third-order valence-corrected chi connectivity index (χ3v) is 4.90. The lowest BCUT2D eigenvalue weighted by molar-refractivity contribution is -0.134. The molecule has 0 aliphatic rings. The fourth-order valence-corrected chi connectivity index (χ4v) is 3.46. The van der Waals surface area contributed by atoms with Crippen LogP contribution >= 0.6 is 23.4 Å². The number of imidazole rings is 1. The van der Waals surface area contributed by atoms with Crippen LogP contribution in [0.25, 0.3) is 16.9 Å². The molecule has 0 saturated carbocycles. The van der Waals surface area contributed by atoms with Crippen molar-refractivity contribution in [2.45, 2.75) is 24.2 Å². The van der Waals surface area contributed by atoms with Gasteiger partial charge in [0.05, 0.1) is 12.0 Å². The predicted molar refractivity (Wildman–Crippen MR) is 95.1 cm³/mol. The molecule has 0 fully saturated rings. The molecular weight excluding hydrogens is 389 g/mol. The minimum atomic E-state index is -4.20. The minimum Gasteiger partial charge on any atom is -0.318 e. The highest BCUT2D eigenvalue weighted by atomic mass is 35.5. The van der Waals surface area contributed by atoms with Gasteiger partial charge >= 0.3 is 6.18 Å². The van der Waals surface area contributed by atoms with Crippen LogP contribution in [0.2, 0.25) is 5.02 Å². The summed E-state index contributed by atoms with van der Waals surface area (Å²) in [4.78, 5) is 21.4. The summed E-state index contributed by atoms with van der Waals surface area (Å²) in [5.41, 5.74) is 0.731. The first-order valence-corrected chi connectivity index (χ1v) is 9.02. The summed E-state index contributed by atoms with van der Waals surface area (Å²) in [5.74, 6) is 0.183. The van der Waals surface area contributed by atoms with Crippen LogP contribution in [0.1, 0.15) is 12.8 Å². The number of alkyl halides is 3. The van der Waals surface area contributed by atoms with E-state index in [0.717, 1.165) is 11.8 Å². The molecule has 0 aliphatic carbocycles. The van der Waals surface area contributed by atoms with Gasteiger partial charge in [0.15, 0.2) is 16.3 Å². The first kappa shape index (κ1) is 18.8. The molecule has 5 nitrogen and oxygen atoms in total. The molecule has 3 aromatic rings. The molecule has 1 aromatic carbocycles. The number of rotatable bonds is 5. The number of aryl methyl sites for hydroxylation is 1. The monoisotopic (exact) mass is 402 g/mol. The van der Waals surface area contributed by atoms with E-state index in [-0.39, 0.29) is 23.2 Å². The Bertz CT molecular complexity index is 982. The summed E-state index contributed by atoms with van der Waals surface area (Å²) in [7, 11) is 1.70. The summed E-state index contributed by atoms with van der Waals surface area (Å²) in [6.45, 7) is 0. The van der Waals surface area contributed by atoms with Gasteiger partial charge in [-0.1, -0.05) is 23.4 Å². The van der Waals surface area contributed by atoms with E-state index in [1.54, 1.807) is 35.9 Å². The number of benzene rings is 1. The van der Waals surface area contributed by atoms with Gasteiger partial charge in [-0.05, 0) is 30.7 Å². The summed E-state index contributed by atoms with van der Waals surface area (Å²) < 4.78 is 40.0. The molecule has 0 atom stereocenters. The van der Waals surface area contributed by atoms with Crippen molar-refractivity contribution in [3.05, 3.63) is 46.0 Å². The van der Waals surface area contributed by atoms with Crippen LogP contribution in [-0.4, -0.2) is 31.0 Å². The topological polar surface area (TPSA) is 52.7 Å². The molecule has 0 radical (unpaired) electrons. The second-order valence-corrected chi connectivity index (χ2v) is 7.10. The van der Waals surface area contributed by atoms with Crippen molar-refractivity contribution in [2.75, 3.05) is 5.75 Å². The highest BCUT2D eigenvalue weighted by Crippen LogP contribution is 2.26. The molecule has 2 heterocycles. The Morgan fingerprint density at radius 2 is 1.92 bits per heavy atom. The number of hydrogen-bond acceptors (Lipinski definition) is 4. The lowest BCUT2D eigenvalue weighted by Gasteiger charge is -2.12. The quantitative estimate of drug-likeness (QED) is 0.364. The molecule has 0 unspecified atom stereocenters. The Balaban J connectivity index is 2.01. The van der Waals surface area contributed by atoms with Crippen LogP contribution in [0.5, 0.6) is 0 Å². The standard InChI is InChI=1S/C16H14ClF3N4OS/c1-23-9-21-12-13(23)22-15(26-8-2-7-16(18,19)20)24(14(12)25)11-5-3-10(17)4-6-11/h3-6,9H,2,7-8H2,1H3. The van der Waals surface area contributed by atoms with Crippen LogP contribution in [0, 0.1) is 0 Å². The zero-order valence-electron chi connectivity index (χ0n) is 13.6. The highest BCUT2D eigenvalue weighted by molar-refractivity contribution is 7.99. The maximum Gasteiger partial charge on any atom is 0.389 e. The number of thioether (sulfide) groups is 1. The second kappa shape index (κ2) is 7.32. The number of aromatic nitrogens is 4. The van der Waals surface area contributed by atoms with E-state index in [0.29, 0.717) is 21.5 Å². The molecule has 3 rings (SSSR count). The molecule has 0 N–H and O–H groups in total. The lowest BCUT2D eigenvalue weighted by Crippen LogP contribution is -2.22. The fourth-order valence-electron chi connectivity index (χ4n) is 2.39. The van der Waals surface area contributed by atoms with Gasteiger partial charge in [0.25, 0.3) is 5.56 Å². The average Bonchev–Trinajstić information content (AvgIpc) is 2.94. The lowest BCUT2D eigenvalue weighted by atomic mass is 10.3. The summed E-state index contributed by atoms with van der Waals surface area (Å²) in [6.07, 6.45) is -3.66. The van der Waals surface area contributed by atoms with Gasteiger partial charge in [-0.3, -0.25) is 9.36 Å². The Morgan fingerprint density at radius 1 is 1.23 bits per heavy atom. The SMILES string of the molecule is Cn1cnc2c(=O)n(-c3ccc(Cl)cc3)c(SCCCC(F)(F)F)nc21. The van der Waals surface area contributed by atoms with Crippen molar-refractivity contribution in [3.63, 3.8) is 0 Å². The smallest absolute Gasteiger partial charge is 0.318 e. The number of fused-ring (bicyclic) bond motifs is 1. The van der Waals surface area contributed by atoms with Crippen LogP contribution < -0.4 is 5.56 Å². The van der Waals surface area contributed by atoms with E-state index >= 15 is 0 Å². The summed E-state index contributed by atoms with van der Waals surface area (Å²) in [5, 5.41) is 0.823. The van der Waals surface area contributed by atoms with E-state index < -0.39 is 12.6 Å². The van der Waals surface area contributed by atoms with E-state index in [2.05, 4.69) is 9.97 Å². The van der Waals surface area contributed by atoms with Gasteiger partial charge in [0, 0.05) is 24.2 Å². The second-order valence-electron chi connectivity index (χ2n) is 5.61. The normalized spacial score (nSPS) is 12.0. The molecule has 0 amide bonds. The van der Waals surface area contributed by atoms with E-state index in [9.17, 15) is 18.0 Å². The number of halogens is 4. The van der Waals surface area contributed by atoms with Crippen molar-refractivity contribution in [3.8, 4) is 5.69 Å². The molecule has 0 bridgehead atoms. The Morgan fingerprint density at radius 3 is 2.58 bits per heavy atom. The van der Waals surface area contributed by atoms with Gasteiger partial charge in [0.1, 0.15) is 0 Å². The maximum absolute atomic E-state index is 12.9. The largest absolute Gasteiger partial charge is 0.389 e. The summed E-state index contributed by atoms with van der Waals surface area (Å²) in [6, 6.07) is 6.56. The predicted octanol–water partition coefficient (Wildman–Crippen LogP) is 4.21. The maximum atomic E-state index is 12.9. The van der Waals surface area contributed by atoms with E-state index in [1.165, 1.54) is 10.9 Å². The van der Waals surface area contributed by atoms with Gasteiger partial charge in [0.2, 0.25) is 0 Å². The zero-order valence-corrected chi connectivity index (χ0v) is 15.2. The number of hydrogen-bond donors (Lipinski definition) is 0. The molecule has 138 valence electrons. The average molecular weight is 403 g/mol. The molecule has 0 spiro atoms. The molecule has 0 aliphatic heterocycles. The van der Waals surface area contributed by atoms with Crippen molar-refractivity contribution in [1.29, 1.82) is 0 Å². The molecule has 0 saturated heterocycles.